The van der Waals surface area contributed by atoms with Gasteiger partial charge in [-0.15, -0.1) is 0 Å². The van der Waals surface area contributed by atoms with E-state index in [1.165, 1.54) is 44.4 Å². The molecule has 1 atom stereocenters. The second-order valence-corrected chi connectivity index (χ2v) is 6.43. The fourth-order valence-corrected chi connectivity index (χ4v) is 2.89. The van der Waals surface area contributed by atoms with Gasteiger partial charge in [0.15, 0.2) is 0 Å². The second-order valence-electron chi connectivity index (χ2n) is 6.43. The van der Waals surface area contributed by atoms with Crippen LogP contribution in [0.25, 0.3) is 10.9 Å². The number of fused-ring (bicyclic) bond motifs is 1. The average molecular weight is 359 g/mol. The van der Waals surface area contributed by atoms with Gasteiger partial charge in [0.25, 0.3) is 0 Å². The molecule has 0 saturated heterocycles. The number of pyridine rings is 1. The molecule has 5 heteroatoms. The van der Waals surface area contributed by atoms with Gasteiger partial charge < -0.3 is 9.84 Å². The number of nitrogens with zero attached hydrogens (tertiary/aromatic N) is 1. The van der Waals surface area contributed by atoms with E-state index in [1.54, 1.807) is 13.0 Å². The lowest BCUT2D eigenvalue weighted by molar-refractivity contribution is -0.131. The van der Waals surface area contributed by atoms with E-state index in [-0.39, 0.29) is 5.75 Å². The van der Waals surface area contributed by atoms with Crippen molar-refractivity contribution in [2.45, 2.75) is 59.0 Å². The zero-order valence-electron chi connectivity index (χ0n) is 15.6. The molecular formula is C21H26FNO3. The second kappa shape index (κ2) is 9.43. The van der Waals surface area contributed by atoms with Gasteiger partial charge in [0.1, 0.15) is 17.7 Å². The Morgan fingerprint density at radius 1 is 1.35 bits per heavy atom. The van der Waals surface area contributed by atoms with Gasteiger partial charge in [-0.05, 0) is 38.0 Å². The largest absolute Gasteiger partial charge is 0.426 e. The smallest absolute Gasteiger partial charge is 0.308 e. The molecule has 26 heavy (non-hydrogen) atoms. The van der Waals surface area contributed by atoms with Gasteiger partial charge in [0.05, 0.1) is 11.2 Å². The van der Waals surface area contributed by atoms with Gasteiger partial charge in [-0.25, -0.2) is 9.37 Å². The lowest BCUT2D eigenvalue weighted by atomic mass is 10.0. The number of aliphatic hydroxyl groups excluding tert-OH is 1. The number of aromatic nitrogens is 1. The molecule has 0 spiro atoms. The number of carbonyl (C=O) groups is 1. The van der Waals surface area contributed by atoms with Crippen molar-refractivity contribution in [3.8, 4) is 5.75 Å². The molecule has 1 aromatic carbocycles. The summed E-state index contributed by atoms with van der Waals surface area (Å²) in [6.07, 6.45) is 8.29. The minimum Gasteiger partial charge on any atom is -0.426 e. The molecule has 1 heterocycles. The Kier molecular flexibility index (Phi) is 7.27. The first kappa shape index (κ1) is 20.0. The van der Waals surface area contributed by atoms with Crippen LogP contribution in [-0.4, -0.2) is 16.1 Å². The zero-order chi connectivity index (χ0) is 19.1. The van der Waals surface area contributed by atoms with E-state index < -0.39 is 17.9 Å². The summed E-state index contributed by atoms with van der Waals surface area (Å²) in [5.41, 5.74) is 1.41. The van der Waals surface area contributed by atoms with Crippen molar-refractivity contribution in [3.63, 3.8) is 0 Å². The maximum atomic E-state index is 13.6. The SMILES string of the molecule is CCCCCC/C=C/C(O)c1nc2ccc(F)cc2c(OC(C)=O)c1C. The number of esters is 1. The van der Waals surface area contributed by atoms with Gasteiger partial charge in [0, 0.05) is 17.9 Å². The molecule has 0 radical (unpaired) electrons. The number of hydrogen-bond donors (Lipinski definition) is 1. The van der Waals surface area contributed by atoms with E-state index in [2.05, 4.69) is 11.9 Å². The van der Waals surface area contributed by atoms with Crippen molar-refractivity contribution in [2.75, 3.05) is 0 Å². The van der Waals surface area contributed by atoms with Crippen LogP contribution in [0.3, 0.4) is 0 Å². The topological polar surface area (TPSA) is 59.4 Å². The molecule has 2 aromatic rings. The molecule has 140 valence electrons. The lowest BCUT2D eigenvalue weighted by Crippen LogP contribution is -2.08. The van der Waals surface area contributed by atoms with Crippen LogP contribution >= 0.6 is 0 Å². The van der Waals surface area contributed by atoms with E-state index in [4.69, 9.17) is 4.74 Å². The highest BCUT2D eigenvalue weighted by atomic mass is 19.1. The Morgan fingerprint density at radius 2 is 2.12 bits per heavy atom. The first-order chi connectivity index (χ1) is 12.4. The van der Waals surface area contributed by atoms with Gasteiger partial charge in [-0.3, -0.25) is 4.79 Å². The predicted octanol–water partition coefficient (Wildman–Crippen LogP) is 5.17. The molecule has 1 N–H and O–H groups in total. The van der Waals surface area contributed by atoms with E-state index in [0.29, 0.717) is 22.2 Å². The molecule has 0 saturated carbocycles. The van der Waals surface area contributed by atoms with Gasteiger partial charge in [-0.2, -0.15) is 0 Å². The van der Waals surface area contributed by atoms with Crippen LogP contribution in [-0.2, 0) is 4.79 Å². The normalized spacial score (nSPS) is 12.7. The number of ether oxygens (including phenoxy) is 1. The molecule has 0 bridgehead atoms. The van der Waals surface area contributed by atoms with Gasteiger partial charge in [0.2, 0.25) is 0 Å². The molecule has 4 nitrogen and oxygen atoms in total. The summed E-state index contributed by atoms with van der Waals surface area (Å²) in [7, 11) is 0. The fourth-order valence-electron chi connectivity index (χ4n) is 2.89. The Labute approximate surface area is 153 Å². The van der Waals surface area contributed by atoms with E-state index in [0.717, 1.165) is 12.8 Å². The van der Waals surface area contributed by atoms with Gasteiger partial charge >= 0.3 is 5.97 Å². The highest BCUT2D eigenvalue weighted by Gasteiger charge is 2.19. The summed E-state index contributed by atoms with van der Waals surface area (Å²) < 4.78 is 18.9. The molecular weight excluding hydrogens is 333 g/mol. The number of aliphatic hydroxyl groups is 1. The summed E-state index contributed by atoms with van der Waals surface area (Å²) in [4.78, 5) is 15.9. The highest BCUT2D eigenvalue weighted by molar-refractivity contribution is 5.89. The first-order valence-electron chi connectivity index (χ1n) is 9.07. The van der Waals surface area contributed by atoms with Crippen molar-refractivity contribution < 1.29 is 19.0 Å². The molecule has 1 aromatic heterocycles. The maximum absolute atomic E-state index is 13.6. The van der Waals surface area contributed by atoms with Crippen molar-refractivity contribution in [2.24, 2.45) is 0 Å². The predicted molar refractivity (Wildman–Crippen MR) is 101 cm³/mol. The van der Waals surface area contributed by atoms with E-state index in [1.807, 2.05) is 6.08 Å². The van der Waals surface area contributed by atoms with Crippen molar-refractivity contribution in [1.29, 1.82) is 0 Å². The Hall–Kier alpha value is -2.27. The van der Waals surface area contributed by atoms with E-state index >= 15 is 0 Å². The number of unbranched alkanes of at least 4 members (excludes halogenated alkanes) is 4. The van der Waals surface area contributed by atoms with Crippen LogP contribution in [0.2, 0.25) is 0 Å². The monoisotopic (exact) mass is 359 g/mol. The summed E-state index contributed by atoms with van der Waals surface area (Å²) in [6, 6.07) is 4.09. The minimum atomic E-state index is -0.912. The van der Waals surface area contributed by atoms with Crippen LogP contribution in [0, 0.1) is 12.7 Å². The number of benzene rings is 1. The molecule has 0 aliphatic heterocycles. The summed E-state index contributed by atoms with van der Waals surface area (Å²) in [6.45, 7) is 5.17. The van der Waals surface area contributed by atoms with Crippen LogP contribution in [0.5, 0.6) is 5.75 Å². The van der Waals surface area contributed by atoms with Crippen molar-refractivity contribution in [3.05, 3.63) is 47.4 Å². The highest BCUT2D eigenvalue weighted by Crippen LogP contribution is 2.34. The Morgan fingerprint density at radius 3 is 2.81 bits per heavy atom. The number of hydrogen-bond acceptors (Lipinski definition) is 4. The average Bonchev–Trinajstić information content (AvgIpc) is 2.60. The summed E-state index contributed by atoms with van der Waals surface area (Å²) >= 11 is 0. The number of allylic oxidation sites excluding steroid dienone is 1. The van der Waals surface area contributed by atoms with Crippen molar-refractivity contribution in [1.82, 2.24) is 4.98 Å². The van der Waals surface area contributed by atoms with Crippen LogP contribution in [0.1, 0.15) is 63.3 Å². The summed E-state index contributed by atoms with van der Waals surface area (Å²) in [5.74, 6) is -0.698. The molecule has 1 unspecified atom stereocenters. The van der Waals surface area contributed by atoms with Gasteiger partial charge in [-0.1, -0.05) is 38.3 Å². The molecule has 2 rings (SSSR count). The maximum Gasteiger partial charge on any atom is 0.308 e. The number of rotatable bonds is 8. The summed E-state index contributed by atoms with van der Waals surface area (Å²) in [5, 5.41) is 10.9. The first-order valence-corrected chi connectivity index (χ1v) is 9.07. The van der Waals surface area contributed by atoms with Crippen LogP contribution in [0.4, 0.5) is 4.39 Å². The fraction of sp³-hybridized carbons (Fsp3) is 0.429. The third-order valence-electron chi connectivity index (χ3n) is 4.24. The molecule has 0 aliphatic carbocycles. The van der Waals surface area contributed by atoms with Crippen molar-refractivity contribution >= 4 is 16.9 Å². The Balaban J connectivity index is 2.31. The van der Waals surface area contributed by atoms with E-state index in [9.17, 15) is 14.3 Å². The minimum absolute atomic E-state index is 0.243. The number of halogens is 1. The third-order valence-corrected chi connectivity index (χ3v) is 4.24. The quantitative estimate of drug-likeness (QED) is 0.401. The number of carbonyl (C=O) groups excluding carboxylic acids is 1. The molecule has 0 amide bonds. The Bertz CT molecular complexity index is 801. The van der Waals surface area contributed by atoms with Crippen LogP contribution < -0.4 is 4.74 Å². The zero-order valence-corrected chi connectivity index (χ0v) is 15.6. The standard InChI is InChI=1S/C21H26FNO3/c1-4-5-6-7-8-9-10-19(25)20-14(2)21(26-15(3)24)17-13-16(22)11-12-18(17)23-20/h9-13,19,25H,4-8H2,1-3H3/b10-9+. The van der Waals surface area contributed by atoms with Crippen LogP contribution in [0.15, 0.2) is 30.4 Å². The molecule has 0 fully saturated rings. The lowest BCUT2D eigenvalue weighted by Gasteiger charge is -2.15. The molecule has 0 aliphatic rings. The third kappa shape index (κ3) is 5.11.